The number of ether oxygens (including phenoxy) is 1. The van der Waals surface area contributed by atoms with Gasteiger partial charge in [-0.15, -0.1) is 6.42 Å². The molecule has 0 saturated carbocycles. The molecule has 0 bridgehead atoms. The van der Waals surface area contributed by atoms with Gasteiger partial charge in [0.2, 0.25) is 5.43 Å². The lowest BCUT2D eigenvalue weighted by Crippen LogP contribution is -2.56. The van der Waals surface area contributed by atoms with Gasteiger partial charge >= 0.3 is 0 Å². The smallest absolute Gasteiger partial charge is 0.277 e. The monoisotopic (exact) mass is 471 g/mol. The molecule has 3 heterocycles. The zero-order valence-corrected chi connectivity index (χ0v) is 18.3. The van der Waals surface area contributed by atoms with E-state index < -0.39 is 34.5 Å². The summed E-state index contributed by atoms with van der Waals surface area (Å²) in [5.41, 5.74) is -1.52. The molecule has 0 spiro atoms. The van der Waals surface area contributed by atoms with Crippen LogP contribution in [0.5, 0.6) is 5.75 Å². The van der Waals surface area contributed by atoms with Crippen LogP contribution >= 0.6 is 0 Å². The third kappa shape index (κ3) is 4.52. The van der Waals surface area contributed by atoms with Gasteiger partial charge in [0.15, 0.2) is 17.2 Å². The number of hydrogen-bond donors (Lipinski definition) is 1. The Bertz CT molecular complexity index is 1230. The van der Waals surface area contributed by atoms with E-state index in [0.717, 1.165) is 18.9 Å². The first kappa shape index (κ1) is 23.4. The molecule has 10 heteroatoms. The first-order valence-electron chi connectivity index (χ1n) is 10.9. The molecule has 1 saturated heterocycles. The van der Waals surface area contributed by atoms with Crippen molar-refractivity contribution in [2.45, 2.75) is 31.8 Å². The lowest BCUT2D eigenvalue weighted by atomic mass is 10.0. The van der Waals surface area contributed by atoms with Gasteiger partial charge in [-0.05, 0) is 30.9 Å². The fourth-order valence-electron chi connectivity index (χ4n) is 4.20. The van der Waals surface area contributed by atoms with Crippen molar-refractivity contribution < 1.29 is 28.2 Å². The zero-order valence-electron chi connectivity index (χ0n) is 18.3. The maximum Gasteiger partial charge on any atom is 0.277 e. The predicted molar refractivity (Wildman–Crippen MR) is 118 cm³/mol. The molecule has 1 amide bonds. The number of hydrogen-bond acceptors (Lipinski definition) is 6. The van der Waals surface area contributed by atoms with Gasteiger partial charge in [0.05, 0.1) is 18.2 Å². The number of terminal acetylenes is 1. The number of halogens is 2. The summed E-state index contributed by atoms with van der Waals surface area (Å²) in [5, 5.41) is 12.2. The number of aromatic nitrogens is 1. The largest absolute Gasteiger partial charge is 0.502 e. The Morgan fingerprint density at radius 2 is 2.09 bits per heavy atom. The van der Waals surface area contributed by atoms with E-state index in [2.05, 4.69) is 5.92 Å². The molecule has 34 heavy (non-hydrogen) atoms. The van der Waals surface area contributed by atoms with Crippen LogP contribution in [0.3, 0.4) is 0 Å². The van der Waals surface area contributed by atoms with Gasteiger partial charge in [-0.3, -0.25) is 24.1 Å². The molecule has 2 aliphatic heterocycles. The van der Waals surface area contributed by atoms with Crippen molar-refractivity contribution in [1.82, 2.24) is 9.58 Å². The van der Waals surface area contributed by atoms with Crippen molar-refractivity contribution in [3.63, 3.8) is 0 Å². The normalized spacial score (nSPS) is 17.6. The molecule has 0 radical (unpaired) electrons. The van der Waals surface area contributed by atoms with Crippen molar-refractivity contribution in [3.8, 4) is 18.1 Å². The van der Waals surface area contributed by atoms with Crippen molar-refractivity contribution in [1.29, 1.82) is 0 Å². The number of aryl methyl sites for hydroxylation is 1. The summed E-state index contributed by atoms with van der Waals surface area (Å²) < 4.78 is 33.8. The molecule has 1 aromatic carbocycles. The average Bonchev–Trinajstić information content (AvgIpc) is 3.31. The number of fused-ring (bicyclic) bond motifs is 1. The highest BCUT2D eigenvalue weighted by Crippen LogP contribution is 2.24. The van der Waals surface area contributed by atoms with Crippen LogP contribution in [-0.2, 0) is 11.2 Å². The summed E-state index contributed by atoms with van der Waals surface area (Å²) in [5.74, 6) is -1.16. The Hall–Kier alpha value is -3.71. The second kappa shape index (κ2) is 9.65. The maximum absolute atomic E-state index is 13.9. The Morgan fingerprint density at radius 1 is 1.29 bits per heavy atom. The Kier molecular flexibility index (Phi) is 6.65. The van der Waals surface area contributed by atoms with Gasteiger partial charge < -0.3 is 14.7 Å². The second-order valence-corrected chi connectivity index (χ2v) is 8.25. The van der Waals surface area contributed by atoms with E-state index >= 15 is 0 Å². The van der Waals surface area contributed by atoms with Crippen LogP contribution in [0, 0.1) is 24.0 Å². The van der Waals surface area contributed by atoms with Crippen LogP contribution in [0.1, 0.15) is 45.7 Å². The first-order chi connectivity index (χ1) is 16.3. The SMILES string of the molecule is C#CCN1CN(C[C@H]2CCCO2)C(=O)c2c(O)c(=O)c(C(=O)CCc3ccc(F)cc3F)cn21. The minimum atomic E-state index is -0.996. The number of rotatable bonds is 7. The summed E-state index contributed by atoms with van der Waals surface area (Å²) in [4.78, 5) is 40.2. The lowest BCUT2D eigenvalue weighted by molar-refractivity contribution is 0.0461. The van der Waals surface area contributed by atoms with Gasteiger partial charge in [-0.1, -0.05) is 12.0 Å². The molecule has 4 rings (SSSR count). The molecule has 8 nitrogen and oxygen atoms in total. The molecular formula is C24H23F2N3O5. The summed E-state index contributed by atoms with van der Waals surface area (Å²) in [6.45, 7) is 0.998. The number of amides is 1. The summed E-state index contributed by atoms with van der Waals surface area (Å²) in [6, 6.07) is 3.02. The summed E-state index contributed by atoms with van der Waals surface area (Å²) >= 11 is 0. The van der Waals surface area contributed by atoms with Crippen molar-refractivity contribution in [2.75, 3.05) is 31.4 Å². The number of aromatic hydroxyl groups is 1. The fourth-order valence-corrected chi connectivity index (χ4v) is 4.20. The summed E-state index contributed by atoms with van der Waals surface area (Å²) in [7, 11) is 0. The van der Waals surface area contributed by atoms with E-state index in [1.807, 2.05) is 0 Å². The Labute approximate surface area is 194 Å². The van der Waals surface area contributed by atoms with Crippen LogP contribution < -0.4 is 10.4 Å². The van der Waals surface area contributed by atoms with Crippen molar-refractivity contribution >= 4 is 11.7 Å². The molecule has 1 atom stereocenters. The van der Waals surface area contributed by atoms with Gasteiger partial charge in [-0.2, -0.15) is 0 Å². The molecule has 1 fully saturated rings. The van der Waals surface area contributed by atoms with E-state index in [1.165, 1.54) is 21.8 Å². The molecule has 1 N–H and O–H groups in total. The number of nitrogens with zero attached hydrogens (tertiary/aromatic N) is 3. The Balaban J connectivity index is 1.63. The van der Waals surface area contributed by atoms with Crippen LogP contribution in [0.25, 0.3) is 0 Å². The fraction of sp³-hybridized carbons (Fsp3) is 0.375. The third-order valence-electron chi connectivity index (χ3n) is 5.95. The predicted octanol–water partition coefficient (Wildman–Crippen LogP) is 1.81. The molecular weight excluding hydrogens is 448 g/mol. The van der Waals surface area contributed by atoms with E-state index in [4.69, 9.17) is 11.2 Å². The number of pyridine rings is 1. The zero-order chi connectivity index (χ0) is 24.4. The topological polar surface area (TPSA) is 92.1 Å². The number of benzene rings is 1. The van der Waals surface area contributed by atoms with E-state index in [-0.39, 0.29) is 55.5 Å². The van der Waals surface area contributed by atoms with Gasteiger partial charge in [0.1, 0.15) is 18.3 Å². The lowest BCUT2D eigenvalue weighted by Gasteiger charge is -2.39. The highest BCUT2D eigenvalue weighted by molar-refractivity contribution is 6.00. The van der Waals surface area contributed by atoms with Gasteiger partial charge in [0.25, 0.3) is 5.91 Å². The molecule has 2 aromatic rings. The van der Waals surface area contributed by atoms with Gasteiger partial charge in [-0.25, -0.2) is 8.78 Å². The van der Waals surface area contributed by atoms with E-state index in [9.17, 15) is 28.3 Å². The van der Waals surface area contributed by atoms with E-state index in [1.54, 1.807) is 5.01 Å². The molecule has 0 aliphatic carbocycles. The maximum atomic E-state index is 13.9. The van der Waals surface area contributed by atoms with Crippen LogP contribution in [0.15, 0.2) is 29.2 Å². The van der Waals surface area contributed by atoms with E-state index in [0.29, 0.717) is 12.7 Å². The Morgan fingerprint density at radius 3 is 2.76 bits per heavy atom. The van der Waals surface area contributed by atoms with Gasteiger partial charge in [0, 0.05) is 31.8 Å². The molecule has 1 aromatic heterocycles. The highest BCUT2D eigenvalue weighted by atomic mass is 19.1. The average molecular weight is 471 g/mol. The van der Waals surface area contributed by atoms with Crippen LogP contribution in [0.2, 0.25) is 0 Å². The van der Waals surface area contributed by atoms with Crippen molar-refractivity contribution in [3.05, 3.63) is 63.1 Å². The first-order valence-corrected chi connectivity index (χ1v) is 10.9. The molecule has 178 valence electrons. The number of ketones is 1. The van der Waals surface area contributed by atoms with Crippen LogP contribution in [0.4, 0.5) is 8.78 Å². The number of Topliss-reactive ketones (excluding diaryl/α,β-unsaturated/α-hetero) is 1. The van der Waals surface area contributed by atoms with Crippen molar-refractivity contribution in [2.24, 2.45) is 0 Å². The van der Waals surface area contributed by atoms with Crippen LogP contribution in [-0.4, -0.2) is 58.8 Å². The number of carbonyl (C=O) groups excluding carboxylic acids is 2. The minimum absolute atomic E-state index is 0.0407. The third-order valence-corrected chi connectivity index (χ3v) is 5.95. The standard InChI is InChI=1S/C24H23F2N3O5/c1-2-9-28-14-27(12-17-4-3-10-34-17)24(33)21-23(32)22(31)18(13-29(21)28)20(30)8-6-15-5-7-16(25)11-19(15)26/h1,5,7,11,13,17,32H,3-4,6,8-10,12,14H2/t17-/m1/s1. The molecule has 2 aliphatic rings. The number of carbonyl (C=O) groups is 2. The highest BCUT2D eigenvalue weighted by Gasteiger charge is 2.35. The second-order valence-electron chi connectivity index (χ2n) is 8.25. The molecule has 0 unspecified atom stereocenters. The summed E-state index contributed by atoms with van der Waals surface area (Å²) in [6.07, 6.45) is 7.85. The minimum Gasteiger partial charge on any atom is -0.502 e. The quantitative estimate of drug-likeness (QED) is 0.489.